The van der Waals surface area contributed by atoms with E-state index < -0.39 is 0 Å². The highest BCUT2D eigenvalue weighted by Crippen LogP contribution is 2.19. The Morgan fingerprint density at radius 1 is 1.60 bits per heavy atom. The zero-order valence-electron chi connectivity index (χ0n) is 6.52. The first kappa shape index (κ1) is 7.98. The first-order chi connectivity index (χ1) is 4.83. The molecule has 0 aromatic rings. The molecule has 1 rings (SSSR count). The minimum Gasteiger partial charge on any atom is -0.373 e. The van der Waals surface area contributed by atoms with E-state index in [1.807, 2.05) is 6.92 Å². The average molecular weight is 144 g/mol. The molecule has 3 heteroatoms. The summed E-state index contributed by atoms with van der Waals surface area (Å²) in [5.41, 5.74) is 5.53. The molecule has 1 heterocycles. The van der Waals surface area contributed by atoms with Gasteiger partial charge in [0.15, 0.2) is 0 Å². The van der Waals surface area contributed by atoms with Crippen LogP contribution >= 0.6 is 0 Å². The molecule has 0 spiro atoms. The summed E-state index contributed by atoms with van der Waals surface area (Å²) >= 11 is 0. The third-order valence-electron chi connectivity index (χ3n) is 1.94. The summed E-state index contributed by atoms with van der Waals surface area (Å²) in [6.07, 6.45) is 0.980. The number of rotatable bonds is 4. The van der Waals surface area contributed by atoms with Crippen LogP contribution in [0.25, 0.3) is 0 Å². The van der Waals surface area contributed by atoms with Crippen LogP contribution in [0.1, 0.15) is 13.3 Å². The van der Waals surface area contributed by atoms with Crippen molar-refractivity contribution >= 4 is 0 Å². The second kappa shape index (κ2) is 3.32. The molecule has 0 radical (unpaired) electrons. The molecule has 0 atom stereocenters. The predicted molar refractivity (Wildman–Crippen MR) is 40.9 cm³/mol. The molecule has 1 fully saturated rings. The molecule has 0 aromatic heterocycles. The highest BCUT2D eigenvalue weighted by Gasteiger charge is 2.36. The van der Waals surface area contributed by atoms with E-state index in [0.717, 1.165) is 32.7 Å². The Kier molecular flexibility index (Phi) is 2.65. The van der Waals surface area contributed by atoms with Crippen LogP contribution < -0.4 is 11.1 Å². The maximum atomic E-state index is 5.56. The third kappa shape index (κ3) is 1.48. The van der Waals surface area contributed by atoms with Gasteiger partial charge in [0.05, 0.1) is 5.60 Å². The SMILES string of the molecule is CCOC1(CCN)CNC1. The molecule has 3 nitrogen and oxygen atoms in total. The van der Waals surface area contributed by atoms with Crippen LogP contribution in [0.4, 0.5) is 0 Å². The lowest BCUT2D eigenvalue weighted by Gasteiger charge is -2.42. The minimum absolute atomic E-state index is 0.0868. The van der Waals surface area contributed by atoms with Gasteiger partial charge in [0, 0.05) is 19.7 Å². The summed E-state index contributed by atoms with van der Waals surface area (Å²) in [6, 6.07) is 0. The van der Waals surface area contributed by atoms with E-state index in [2.05, 4.69) is 5.32 Å². The Balaban J connectivity index is 2.27. The van der Waals surface area contributed by atoms with Gasteiger partial charge in [0.25, 0.3) is 0 Å². The lowest BCUT2D eigenvalue weighted by Crippen LogP contribution is -2.61. The van der Waals surface area contributed by atoms with Crippen LogP contribution in [0.3, 0.4) is 0 Å². The molecule has 1 saturated heterocycles. The quantitative estimate of drug-likeness (QED) is 0.570. The van der Waals surface area contributed by atoms with Gasteiger partial charge >= 0.3 is 0 Å². The maximum Gasteiger partial charge on any atom is 0.0941 e. The number of nitrogens with one attached hydrogen (secondary N) is 1. The molecular weight excluding hydrogens is 128 g/mol. The third-order valence-corrected chi connectivity index (χ3v) is 1.94. The van der Waals surface area contributed by atoms with Crippen LogP contribution in [0.5, 0.6) is 0 Å². The fourth-order valence-corrected chi connectivity index (χ4v) is 1.32. The van der Waals surface area contributed by atoms with Crippen LogP contribution in [-0.4, -0.2) is 31.8 Å². The zero-order chi connectivity index (χ0) is 7.45. The first-order valence-corrected chi connectivity index (χ1v) is 3.88. The predicted octanol–water partition coefficient (Wildman–Crippen LogP) is -0.286. The molecule has 10 heavy (non-hydrogen) atoms. The molecule has 60 valence electrons. The van der Waals surface area contributed by atoms with Crippen molar-refractivity contribution in [3.63, 3.8) is 0 Å². The van der Waals surface area contributed by atoms with Gasteiger partial charge < -0.3 is 15.8 Å². The van der Waals surface area contributed by atoms with Crippen LogP contribution in [0, 0.1) is 0 Å². The Bertz CT molecular complexity index is 93.8. The highest BCUT2D eigenvalue weighted by atomic mass is 16.5. The topological polar surface area (TPSA) is 47.3 Å². The van der Waals surface area contributed by atoms with E-state index in [4.69, 9.17) is 10.5 Å². The average Bonchev–Trinajstić information content (AvgIpc) is 1.84. The smallest absolute Gasteiger partial charge is 0.0941 e. The van der Waals surface area contributed by atoms with Gasteiger partial charge in [-0.25, -0.2) is 0 Å². The normalized spacial score (nSPS) is 22.2. The minimum atomic E-state index is 0.0868. The fraction of sp³-hybridized carbons (Fsp3) is 1.00. The van der Waals surface area contributed by atoms with Crippen molar-refractivity contribution in [3.05, 3.63) is 0 Å². The van der Waals surface area contributed by atoms with Crippen molar-refractivity contribution in [2.75, 3.05) is 26.2 Å². The van der Waals surface area contributed by atoms with Gasteiger partial charge in [-0.1, -0.05) is 0 Å². The van der Waals surface area contributed by atoms with Gasteiger partial charge in [0.2, 0.25) is 0 Å². The summed E-state index contributed by atoms with van der Waals surface area (Å²) < 4.78 is 5.56. The van der Waals surface area contributed by atoms with Gasteiger partial charge in [-0.3, -0.25) is 0 Å². The maximum absolute atomic E-state index is 5.56. The molecule has 0 amide bonds. The van der Waals surface area contributed by atoms with E-state index in [1.165, 1.54) is 0 Å². The Labute approximate surface area is 61.9 Å². The van der Waals surface area contributed by atoms with Gasteiger partial charge in [0.1, 0.15) is 0 Å². The van der Waals surface area contributed by atoms with Crippen molar-refractivity contribution in [3.8, 4) is 0 Å². The van der Waals surface area contributed by atoms with Crippen molar-refractivity contribution in [1.29, 1.82) is 0 Å². The molecule has 0 aliphatic carbocycles. The summed E-state index contributed by atoms with van der Waals surface area (Å²) in [7, 11) is 0. The van der Waals surface area contributed by atoms with E-state index in [1.54, 1.807) is 0 Å². The second-order valence-electron chi connectivity index (χ2n) is 2.76. The van der Waals surface area contributed by atoms with Gasteiger partial charge in [-0.2, -0.15) is 0 Å². The van der Waals surface area contributed by atoms with E-state index in [-0.39, 0.29) is 5.60 Å². The van der Waals surface area contributed by atoms with Crippen LogP contribution in [0.2, 0.25) is 0 Å². The summed E-state index contributed by atoms with van der Waals surface area (Å²) in [6.45, 7) is 5.48. The number of hydrogen-bond acceptors (Lipinski definition) is 3. The van der Waals surface area contributed by atoms with E-state index >= 15 is 0 Å². The van der Waals surface area contributed by atoms with E-state index in [9.17, 15) is 0 Å². The molecule has 0 saturated carbocycles. The summed E-state index contributed by atoms with van der Waals surface area (Å²) in [4.78, 5) is 0. The van der Waals surface area contributed by atoms with E-state index in [0.29, 0.717) is 0 Å². The zero-order valence-corrected chi connectivity index (χ0v) is 6.52. The van der Waals surface area contributed by atoms with Gasteiger partial charge in [-0.15, -0.1) is 0 Å². The van der Waals surface area contributed by atoms with Crippen molar-refractivity contribution in [1.82, 2.24) is 5.32 Å². The molecule has 0 aromatic carbocycles. The summed E-state index contributed by atoms with van der Waals surface area (Å²) in [5, 5.41) is 3.19. The molecule has 1 aliphatic heterocycles. The summed E-state index contributed by atoms with van der Waals surface area (Å²) in [5.74, 6) is 0. The lowest BCUT2D eigenvalue weighted by atomic mass is 9.93. The van der Waals surface area contributed by atoms with Crippen molar-refractivity contribution in [2.45, 2.75) is 18.9 Å². The van der Waals surface area contributed by atoms with Crippen molar-refractivity contribution < 1.29 is 4.74 Å². The number of hydrogen-bond donors (Lipinski definition) is 2. The standard InChI is InChI=1S/C7H16N2O/c1-2-10-7(3-4-8)5-9-6-7/h9H,2-6,8H2,1H3. The lowest BCUT2D eigenvalue weighted by molar-refractivity contribution is -0.0790. The Morgan fingerprint density at radius 3 is 2.60 bits per heavy atom. The van der Waals surface area contributed by atoms with Crippen LogP contribution in [-0.2, 0) is 4.74 Å². The molecule has 0 bridgehead atoms. The van der Waals surface area contributed by atoms with Crippen LogP contribution in [0.15, 0.2) is 0 Å². The Morgan fingerprint density at radius 2 is 2.30 bits per heavy atom. The molecule has 3 N–H and O–H groups in total. The number of nitrogens with two attached hydrogens (primary N) is 1. The fourth-order valence-electron chi connectivity index (χ4n) is 1.32. The second-order valence-corrected chi connectivity index (χ2v) is 2.76. The monoisotopic (exact) mass is 144 g/mol. The molecular formula is C7H16N2O. The number of ether oxygens (including phenoxy) is 1. The largest absolute Gasteiger partial charge is 0.373 e. The molecule has 1 aliphatic rings. The molecule has 0 unspecified atom stereocenters. The van der Waals surface area contributed by atoms with Crippen molar-refractivity contribution in [2.24, 2.45) is 5.73 Å². The van der Waals surface area contributed by atoms with Gasteiger partial charge in [-0.05, 0) is 19.9 Å². The highest BCUT2D eigenvalue weighted by molar-refractivity contribution is 4.94. The Hall–Kier alpha value is -0.120. The first-order valence-electron chi connectivity index (χ1n) is 3.88.